The molecule has 0 heterocycles. The van der Waals surface area contributed by atoms with Gasteiger partial charge in [0.1, 0.15) is 0 Å². The first kappa shape index (κ1) is 24.8. The number of aliphatic imine (C=N–C) groups is 2. The molecule has 0 saturated carbocycles. The highest BCUT2D eigenvalue weighted by Crippen LogP contribution is 2.22. The average Bonchev–Trinajstić information content (AvgIpc) is 2.61. The predicted molar refractivity (Wildman–Crippen MR) is 130 cm³/mol. The van der Waals surface area contributed by atoms with E-state index in [0.717, 1.165) is 11.1 Å². The summed E-state index contributed by atoms with van der Waals surface area (Å²) < 4.78 is 0. The van der Waals surface area contributed by atoms with E-state index in [1.807, 2.05) is 12.4 Å². The van der Waals surface area contributed by atoms with Crippen LogP contribution >= 0.6 is 12.4 Å². The van der Waals surface area contributed by atoms with Gasteiger partial charge >= 0.3 is 0 Å². The van der Waals surface area contributed by atoms with Crippen LogP contribution in [0.3, 0.4) is 0 Å². The lowest BCUT2D eigenvalue weighted by Crippen LogP contribution is -2.10. The molecule has 4 heteroatoms. The van der Waals surface area contributed by atoms with E-state index < -0.39 is 0 Å². The van der Waals surface area contributed by atoms with Crippen LogP contribution in [0.5, 0.6) is 0 Å². The second-order valence-electron chi connectivity index (χ2n) is 9.29. The predicted octanol–water partition coefficient (Wildman–Crippen LogP) is 6.26. The van der Waals surface area contributed by atoms with E-state index in [2.05, 4.69) is 100 Å². The summed E-state index contributed by atoms with van der Waals surface area (Å²) in [6.45, 7) is 14.0. The number of hydrogen-bond acceptors (Lipinski definition) is 3. The highest BCUT2D eigenvalue weighted by molar-refractivity contribution is 5.90. The van der Waals surface area contributed by atoms with Gasteiger partial charge in [0.15, 0.2) is 0 Å². The number of hydrogen-bond donors (Lipinski definition) is 1. The maximum atomic E-state index is 8.02. The van der Waals surface area contributed by atoms with Crippen molar-refractivity contribution in [1.29, 1.82) is 5.41 Å². The Morgan fingerprint density at radius 2 is 1.00 bits per heavy atom. The van der Waals surface area contributed by atoms with Crippen molar-refractivity contribution >= 4 is 30.5 Å². The molecule has 0 saturated heterocycles. The van der Waals surface area contributed by atoms with Gasteiger partial charge < -0.3 is 5.41 Å². The van der Waals surface area contributed by atoms with E-state index in [-0.39, 0.29) is 23.2 Å². The summed E-state index contributed by atoms with van der Waals surface area (Å²) in [5.74, 6) is 0. The summed E-state index contributed by atoms with van der Waals surface area (Å²) >= 11 is 0. The molecule has 2 aromatic carbocycles. The van der Waals surface area contributed by atoms with E-state index in [1.54, 1.807) is 0 Å². The maximum Gasteiger partial charge on any atom is 0.0784 e. The lowest BCUT2D eigenvalue weighted by Gasteiger charge is -2.18. The first-order valence-electron chi connectivity index (χ1n) is 9.83. The summed E-state index contributed by atoms with van der Waals surface area (Å²) in [5.41, 5.74) is 5.55. The minimum Gasteiger partial charge on any atom is -0.306 e. The number of halogens is 1. The molecule has 0 aliphatic heterocycles. The van der Waals surface area contributed by atoms with Crippen molar-refractivity contribution in [3.8, 4) is 0 Å². The Morgan fingerprint density at radius 3 is 1.28 bits per heavy atom. The molecule has 0 aliphatic rings. The summed E-state index contributed by atoms with van der Waals surface area (Å²) in [5, 5.41) is 8.02. The fourth-order valence-electron chi connectivity index (χ4n) is 2.71. The normalized spacial score (nSPS) is 12.3. The summed E-state index contributed by atoms with van der Waals surface area (Å²) in [4.78, 5) is 8.75. The van der Waals surface area contributed by atoms with E-state index in [9.17, 15) is 0 Å². The zero-order valence-electron chi connectivity index (χ0n) is 18.5. The average molecular weight is 412 g/mol. The number of rotatable bonds is 6. The van der Waals surface area contributed by atoms with Crippen LogP contribution in [0, 0.1) is 5.41 Å². The Labute approximate surface area is 182 Å². The summed E-state index contributed by atoms with van der Waals surface area (Å²) in [6.07, 6.45) is 3.66. The topological polar surface area (TPSA) is 48.6 Å². The monoisotopic (exact) mass is 411 g/mol. The quantitative estimate of drug-likeness (QED) is 0.545. The third kappa shape index (κ3) is 8.33. The molecule has 0 aromatic heterocycles. The van der Waals surface area contributed by atoms with Gasteiger partial charge in [-0.1, -0.05) is 90.1 Å². The Morgan fingerprint density at radius 1 is 0.690 bits per heavy atom. The van der Waals surface area contributed by atoms with Gasteiger partial charge in [0, 0.05) is 12.4 Å². The second kappa shape index (κ2) is 10.5. The van der Waals surface area contributed by atoms with Crippen LogP contribution in [0.4, 0.5) is 0 Å². The lowest BCUT2D eigenvalue weighted by molar-refractivity contribution is 0.590. The molecular formula is C25H34ClN3. The first-order valence-corrected chi connectivity index (χ1v) is 9.83. The molecule has 0 spiro atoms. The largest absolute Gasteiger partial charge is 0.306 e. The van der Waals surface area contributed by atoms with Gasteiger partial charge in [0.25, 0.3) is 0 Å². The van der Waals surface area contributed by atoms with Crippen LogP contribution in [0.15, 0.2) is 58.5 Å². The molecule has 0 bridgehead atoms. The third-order valence-electron chi connectivity index (χ3n) is 4.60. The van der Waals surface area contributed by atoms with Crippen molar-refractivity contribution in [3.63, 3.8) is 0 Å². The molecule has 0 amide bonds. The Bertz CT molecular complexity index is 762. The van der Waals surface area contributed by atoms with Gasteiger partial charge in [-0.3, -0.25) is 9.98 Å². The summed E-state index contributed by atoms with van der Waals surface area (Å²) in [7, 11) is 0. The fourth-order valence-corrected chi connectivity index (χ4v) is 2.71. The van der Waals surface area contributed by atoms with E-state index in [1.165, 1.54) is 11.1 Å². The molecule has 156 valence electrons. The fraction of sp³-hybridized carbons (Fsp3) is 0.400. The van der Waals surface area contributed by atoms with Crippen LogP contribution in [-0.4, -0.2) is 31.2 Å². The van der Waals surface area contributed by atoms with Crippen LogP contribution in [0.1, 0.15) is 63.8 Å². The zero-order valence-corrected chi connectivity index (χ0v) is 19.3. The Hall–Kier alpha value is -2.26. The maximum absolute atomic E-state index is 8.02. The van der Waals surface area contributed by atoms with Gasteiger partial charge in [-0.05, 0) is 33.1 Å². The molecule has 0 fully saturated rings. The molecule has 2 aromatic rings. The minimum atomic E-state index is 0. The van der Waals surface area contributed by atoms with Gasteiger partial charge in [0.2, 0.25) is 0 Å². The molecular weight excluding hydrogens is 378 g/mol. The van der Waals surface area contributed by atoms with Gasteiger partial charge in [0.05, 0.1) is 18.8 Å². The summed E-state index contributed by atoms with van der Waals surface area (Å²) in [6, 6.07) is 16.9. The van der Waals surface area contributed by atoms with Crippen molar-refractivity contribution in [3.05, 3.63) is 70.8 Å². The molecule has 2 rings (SSSR count). The molecule has 29 heavy (non-hydrogen) atoms. The van der Waals surface area contributed by atoms with Crippen molar-refractivity contribution in [1.82, 2.24) is 0 Å². The van der Waals surface area contributed by atoms with E-state index in [4.69, 9.17) is 5.41 Å². The second-order valence-corrected chi connectivity index (χ2v) is 9.29. The lowest BCUT2D eigenvalue weighted by atomic mass is 9.87. The molecule has 0 atom stereocenters. The Kier molecular flexibility index (Phi) is 8.97. The molecule has 3 nitrogen and oxygen atoms in total. The molecule has 0 radical (unpaired) electrons. The Balaban J connectivity index is 0.00000420. The molecule has 0 unspecified atom stereocenters. The highest BCUT2D eigenvalue weighted by Gasteiger charge is 2.13. The molecule has 0 aliphatic carbocycles. The number of nitrogens with zero attached hydrogens (tertiary/aromatic N) is 2. The van der Waals surface area contributed by atoms with E-state index >= 15 is 0 Å². The van der Waals surface area contributed by atoms with Gasteiger partial charge in [-0.2, -0.15) is 0 Å². The van der Waals surface area contributed by atoms with Crippen LogP contribution < -0.4 is 0 Å². The van der Waals surface area contributed by atoms with Crippen LogP contribution in [0.2, 0.25) is 0 Å². The van der Waals surface area contributed by atoms with Crippen molar-refractivity contribution in [2.75, 3.05) is 13.1 Å². The highest BCUT2D eigenvalue weighted by atomic mass is 35.5. The van der Waals surface area contributed by atoms with E-state index in [0.29, 0.717) is 18.8 Å². The van der Waals surface area contributed by atoms with Crippen molar-refractivity contribution in [2.24, 2.45) is 9.98 Å². The van der Waals surface area contributed by atoms with Gasteiger partial charge in [-0.15, -0.1) is 12.4 Å². The van der Waals surface area contributed by atoms with Crippen molar-refractivity contribution in [2.45, 2.75) is 52.4 Å². The molecule has 1 N–H and O–H groups in total. The smallest absolute Gasteiger partial charge is 0.0784 e. The minimum absolute atomic E-state index is 0. The van der Waals surface area contributed by atoms with Gasteiger partial charge in [-0.25, -0.2) is 0 Å². The third-order valence-corrected chi connectivity index (χ3v) is 4.60. The van der Waals surface area contributed by atoms with Crippen molar-refractivity contribution < 1.29 is 0 Å². The van der Waals surface area contributed by atoms with Crippen LogP contribution in [0.25, 0.3) is 0 Å². The van der Waals surface area contributed by atoms with Crippen LogP contribution in [-0.2, 0) is 10.8 Å². The SMILES string of the molecule is CC(C)(C)c1ccc(C=NCC(=N)CN=Cc2ccc(C(C)(C)C)cc2)cc1.Cl. The standard InChI is InChI=1S/C25H33N3.ClH/c1-24(2,3)21-11-7-19(8-12-21)15-27-17-23(26)18-28-16-20-9-13-22(14-10-20)25(4,5)6;/h7-16,26H,17-18H2,1-6H3;1H. The number of benzene rings is 2. The first-order chi connectivity index (χ1) is 13.1. The number of nitrogens with one attached hydrogen (secondary N) is 1. The zero-order chi connectivity index (χ0) is 20.8.